The average molecular weight is 369 g/mol. The molecule has 144 valence electrons. The van der Waals surface area contributed by atoms with Crippen molar-refractivity contribution in [3.8, 4) is 0 Å². The molecule has 1 heterocycles. The van der Waals surface area contributed by atoms with Gasteiger partial charge in [-0.1, -0.05) is 56.7 Å². The molecule has 2 rings (SSSR count). The predicted molar refractivity (Wildman–Crippen MR) is 104 cm³/mol. The molecule has 1 aromatic heterocycles. The Morgan fingerprint density at radius 1 is 1.11 bits per heavy atom. The Balaban J connectivity index is 1.83. The predicted octanol–water partition coefficient (Wildman–Crippen LogP) is 3.08. The Morgan fingerprint density at radius 3 is 2.52 bits per heavy atom. The molecule has 0 fully saturated rings. The quantitative estimate of drug-likeness (QED) is 0.712. The van der Waals surface area contributed by atoms with Gasteiger partial charge in [0.1, 0.15) is 12.6 Å². The lowest BCUT2D eigenvalue weighted by Gasteiger charge is -2.23. The first-order valence-corrected chi connectivity index (χ1v) is 9.25. The lowest BCUT2D eigenvalue weighted by atomic mass is 9.98. The van der Waals surface area contributed by atoms with Crippen LogP contribution >= 0.6 is 0 Å². The smallest absolute Gasteiger partial charge is 0.408 e. The number of pyridine rings is 1. The Hall–Kier alpha value is -2.89. The zero-order chi connectivity index (χ0) is 19.5. The van der Waals surface area contributed by atoms with Crippen molar-refractivity contribution >= 4 is 12.0 Å². The second kappa shape index (κ2) is 11.0. The standard InChI is InChI=1S/C21H27N3O3/c1-3-16(2)19(20(25)23-14-12-18-11-7-8-13-22-18)24-21(26)27-15-17-9-5-4-6-10-17/h4-11,13,16,19H,3,12,14-15H2,1-2H3,(H,23,25)(H,24,26). The van der Waals surface area contributed by atoms with Gasteiger partial charge in [0.05, 0.1) is 0 Å². The summed E-state index contributed by atoms with van der Waals surface area (Å²) in [5.74, 6) is -0.221. The summed E-state index contributed by atoms with van der Waals surface area (Å²) in [6.07, 6.45) is 2.53. The van der Waals surface area contributed by atoms with Crippen LogP contribution in [0.4, 0.5) is 4.79 Å². The van der Waals surface area contributed by atoms with E-state index in [1.54, 1.807) is 6.20 Å². The highest BCUT2D eigenvalue weighted by Crippen LogP contribution is 2.09. The molecule has 1 aromatic carbocycles. The van der Waals surface area contributed by atoms with E-state index in [0.29, 0.717) is 13.0 Å². The Kier molecular flexibility index (Phi) is 8.29. The van der Waals surface area contributed by atoms with Crippen LogP contribution in [0, 0.1) is 5.92 Å². The number of nitrogens with one attached hydrogen (secondary N) is 2. The Bertz CT molecular complexity index is 707. The van der Waals surface area contributed by atoms with Crippen molar-refractivity contribution in [1.29, 1.82) is 0 Å². The number of carbonyl (C=O) groups excluding carboxylic acids is 2. The van der Waals surface area contributed by atoms with Crippen molar-refractivity contribution in [2.24, 2.45) is 5.92 Å². The van der Waals surface area contributed by atoms with E-state index >= 15 is 0 Å². The number of benzene rings is 1. The molecule has 0 radical (unpaired) electrons. The van der Waals surface area contributed by atoms with Gasteiger partial charge in [-0.3, -0.25) is 9.78 Å². The van der Waals surface area contributed by atoms with Gasteiger partial charge in [-0.15, -0.1) is 0 Å². The SMILES string of the molecule is CCC(C)C(NC(=O)OCc1ccccc1)C(=O)NCCc1ccccn1. The van der Waals surface area contributed by atoms with Crippen LogP contribution in [0.25, 0.3) is 0 Å². The van der Waals surface area contributed by atoms with Gasteiger partial charge in [-0.2, -0.15) is 0 Å². The van der Waals surface area contributed by atoms with Crippen LogP contribution in [-0.2, 0) is 22.6 Å². The summed E-state index contributed by atoms with van der Waals surface area (Å²) in [7, 11) is 0. The summed E-state index contributed by atoms with van der Waals surface area (Å²) in [5.41, 5.74) is 1.81. The summed E-state index contributed by atoms with van der Waals surface area (Å²) in [4.78, 5) is 28.9. The third-order valence-corrected chi connectivity index (χ3v) is 4.39. The maximum Gasteiger partial charge on any atom is 0.408 e. The van der Waals surface area contributed by atoms with Gasteiger partial charge < -0.3 is 15.4 Å². The minimum Gasteiger partial charge on any atom is -0.445 e. The fourth-order valence-corrected chi connectivity index (χ4v) is 2.56. The number of amides is 2. The molecule has 0 bridgehead atoms. The molecule has 2 aromatic rings. The lowest BCUT2D eigenvalue weighted by Crippen LogP contribution is -2.50. The van der Waals surface area contributed by atoms with Gasteiger partial charge in [0.15, 0.2) is 0 Å². The van der Waals surface area contributed by atoms with Gasteiger partial charge >= 0.3 is 6.09 Å². The van der Waals surface area contributed by atoms with E-state index in [4.69, 9.17) is 4.74 Å². The van der Waals surface area contributed by atoms with Crippen molar-refractivity contribution in [3.05, 3.63) is 66.0 Å². The number of rotatable bonds is 9. The van der Waals surface area contributed by atoms with Crippen molar-refractivity contribution in [3.63, 3.8) is 0 Å². The summed E-state index contributed by atoms with van der Waals surface area (Å²) in [5, 5.41) is 5.57. The van der Waals surface area contributed by atoms with E-state index in [-0.39, 0.29) is 18.4 Å². The molecule has 0 spiro atoms. The molecular weight excluding hydrogens is 342 g/mol. The van der Waals surface area contributed by atoms with Crippen LogP contribution < -0.4 is 10.6 Å². The molecule has 2 N–H and O–H groups in total. The molecular formula is C21H27N3O3. The van der Waals surface area contributed by atoms with E-state index in [2.05, 4.69) is 15.6 Å². The second-order valence-corrected chi connectivity index (χ2v) is 6.43. The summed E-state index contributed by atoms with van der Waals surface area (Å²) in [6, 6.07) is 14.5. The highest BCUT2D eigenvalue weighted by atomic mass is 16.5. The van der Waals surface area contributed by atoms with Gasteiger partial charge in [-0.05, 0) is 23.6 Å². The Morgan fingerprint density at radius 2 is 1.85 bits per heavy atom. The molecule has 6 heteroatoms. The van der Waals surface area contributed by atoms with Crippen molar-refractivity contribution in [2.75, 3.05) is 6.54 Å². The third kappa shape index (κ3) is 7.09. The molecule has 0 aliphatic carbocycles. The second-order valence-electron chi connectivity index (χ2n) is 6.43. The number of alkyl carbamates (subject to hydrolysis) is 1. The van der Waals surface area contributed by atoms with Crippen molar-refractivity contribution < 1.29 is 14.3 Å². The van der Waals surface area contributed by atoms with Crippen LogP contribution in [0.5, 0.6) is 0 Å². The first kappa shape index (κ1) is 20.4. The minimum absolute atomic E-state index is 0.0101. The van der Waals surface area contributed by atoms with E-state index in [1.807, 2.05) is 62.4 Å². The lowest BCUT2D eigenvalue weighted by molar-refractivity contribution is -0.124. The summed E-state index contributed by atoms with van der Waals surface area (Å²) in [6.45, 7) is 4.54. The monoisotopic (exact) mass is 369 g/mol. The molecule has 27 heavy (non-hydrogen) atoms. The van der Waals surface area contributed by atoms with Gasteiger partial charge in [-0.25, -0.2) is 4.79 Å². The summed E-state index contributed by atoms with van der Waals surface area (Å²) >= 11 is 0. The van der Waals surface area contributed by atoms with E-state index in [1.165, 1.54) is 0 Å². The van der Waals surface area contributed by atoms with Crippen LogP contribution in [-0.4, -0.2) is 29.6 Å². The van der Waals surface area contributed by atoms with E-state index in [9.17, 15) is 9.59 Å². The zero-order valence-corrected chi connectivity index (χ0v) is 15.9. The zero-order valence-electron chi connectivity index (χ0n) is 15.9. The molecule has 0 aliphatic heterocycles. The minimum atomic E-state index is -0.637. The van der Waals surface area contributed by atoms with Crippen molar-refractivity contribution in [1.82, 2.24) is 15.6 Å². The number of carbonyl (C=O) groups is 2. The molecule has 0 saturated carbocycles. The van der Waals surface area contributed by atoms with Gasteiger partial charge in [0.25, 0.3) is 0 Å². The normalized spacial score (nSPS) is 12.7. The number of nitrogens with zero attached hydrogens (tertiary/aromatic N) is 1. The maximum atomic E-state index is 12.5. The maximum absolute atomic E-state index is 12.5. The van der Waals surface area contributed by atoms with Crippen LogP contribution in [0.15, 0.2) is 54.7 Å². The number of hydrogen-bond acceptors (Lipinski definition) is 4. The largest absolute Gasteiger partial charge is 0.445 e. The number of ether oxygens (including phenoxy) is 1. The topological polar surface area (TPSA) is 80.3 Å². The first-order valence-electron chi connectivity index (χ1n) is 9.25. The third-order valence-electron chi connectivity index (χ3n) is 4.39. The average Bonchev–Trinajstić information content (AvgIpc) is 2.71. The molecule has 2 atom stereocenters. The van der Waals surface area contributed by atoms with E-state index < -0.39 is 12.1 Å². The fraction of sp³-hybridized carbons (Fsp3) is 0.381. The van der Waals surface area contributed by atoms with E-state index in [0.717, 1.165) is 17.7 Å². The molecule has 2 amide bonds. The highest BCUT2D eigenvalue weighted by molar-refractivity contribution is 5.85. The highest BCUT2D eigenvalue weighted by Gasteiger charge is 2.26. The molecule has 6 nitrogen and oxygen atoms in total. The van der Waals surface area contributed by atoms with Crippen LogP contribution in [0.2, 0.25) is 0 Å². The van der Waals surface area contributed by atoms with Crippen LogP contribution in [0.3, 0.4) is 0 Å². The molecule has 0 aliphatic rings. The van der Waals surface area contributed by atoms with Gasteiger partial charge in [0, 0.05) is 24.9 Å². The van der Waals surface area contributed by atoms with Crippen molar-refractivity contribution in [2.45, 2.75) is 39.3 Å². The first-order chi connectivity index (χ1) is 13.1. The summed E-state index contributed by atoms with van der Waals surface area (Å²) < 4.78 is 5.24. The molecule has 0 saturated heterocycles. The van der Waals surface area contributed by atoms with Crippen LogP contribution in [0.1, 0.15) is 31.5 Å². The Labute approximate surface area is 160 Å². The van der Waals surface area contributed by atoms with Gasteiger partial charge in [0.2, 0.25) is 5.91 Å². The fourth-order valence-electron chi connectivity index (χ4n) is 2.56. The molecule has 2 unspecified atom stereocenters. The number of hydrogen-bond donors (Lipinski definition) is 2. The number of aromatic nitrogens is 1.